The predicted molar refractivity (Wildman–Crippen MR) is 79.9 cm³/mol. The molecule has 1 fully saturated rings. The molecule has 7 heteroatoms. The van der Waals surface area contributed by atoms with Crippen LogP contribution in [-0.4, -0.2) is 37.8 Å². The van der Waals surface area contributed by atoms with Crippen molar-refractivity contribution in [2.75, 3.05) is 13.1 Å². The lowest BCUT2D eigenvalue weighted by atomic mass is 10.2. The zero-order valence-corrected chi connectivity index (χ0v) is 13.8. The standard InChI is InChI=1S/C13H17BrN2O3S/c1-9-3-4-13(12(14)7-9)20(18,19)16-6-5-11(8-16)15-10(2)17/h3-4,7,11H,5-6,8H2,1-2H3,(H,15,17). The van der Waals surface area contributed by atoms with Crippen molar-refractivity contribution in [1.82, 2.24) is 9.62 Å². The first-order valence-electron chi connectivity index (χ1n) is 6.34. The Morgan fingerprint density at radius 1 is 1.45 bits per heavy atom. The van der Waals surface area contributed by atoms with Crippen molar-refractivity contribution in [2.24, 2.45) is 0 Å². The minimum absolute atomic E-state index is 0.105. The van der Waals surface area contributed by atoms with E-state index < -0.39 is 10.0 Å². The lowest BCUT2D eigenvalue weighted by Crippen LogP contribution is -2.37. The molecule has 2 rings (SSSR count). The summed E-state index contributed by atoms with van der Waals surface area (Å²) < 4.78 is 27.2. The Hall–Kier alpha value is -0.920. The van der Waals surface area contributed by atoms with Gasteiger partial charge < -0.3 is 5.32 Å². The minimum Gasteiger partial charge on any atom is -0.352 e. The fourth-order valence-electron chi connectivity index (χ4n) is 2.31. The molecule has 0 bridgehead atoms. The van der Waals surface area contributed by atoms with Crippen molar-refractivity contribution < 1.29 is 13.2 Å². The van der Waals surface area contributed by atoms with Gasteiger partial charge in [-0.25, -0.2) is 8.42 Å². The Labute approximate surface area is 127 Å². The van der Waals surface area contributed by atoms with E-state index in [-0.39, 0.29) is 16.8 Å². The van der Waals surface area contributed by atoms with Gasteiger partial charge >= 0.3 is 0 Å². The van der Waals surface area contributed by atoms with Gasteiger partial charge in [0.2, 0.25) is 15.9 Å². The molecule has 110 valence electrons. The highest BCUT2D eigenvalue weighted by atomic mass is 79.9. The summed E-state index contributed by atoms with van der Waals surface area (Å²) in [5, 5.41) is 2.76. The van der Waals surface area contributed by atoms with Gasteiger partial charge in [0.15, 0.2) is 0 Å². The number of sulfonamides is 1. The van der Waals surface area contributed by atoms with Crippen molar-refractivity contribution in [3.8, 4) is 0 Å². The van der Waals surface area contributed by atoms with E-state index in [4.69, 9.17) is 0 Å². The van der Waals surface area contributed by atoms with Crippen LogP contribution in [0.15, 0.2) is 27.6 Å². The number of nitrogens with zero attached hydrogens (tertiary/aromatic N) is 1. The molecule has 1 aliphatic heterocycles. The summed E-state index contributed by atoms with van der Waals surface area (Å²) in [6.45, 7) is 4.09. The molecule has 20 heavy (non-hydrogen) atoms. The van der Waals surface area contributed by atoms with Crippen LogP contribution in [0.4, 0.5) is 0 Å². The number of nitrogens with one attached hydrogen (secondary N) is 1. The van der Waals surface area contributed by atoms with Crippen molar-refractivity contribution >= 4 is 31.9 Å². The summed E-state index contributed by atoms with van der Waals surface area (Å²) in [6, 6.07) is 5.07. The maximum absolute atomic E-state index is 12.6. The van der Waals surface area contributed by atoms with Crippen LogP contribution in [0, 0.1) is 6.92 Å². The van der Waals surface area contributed by atoms with Gasteiger partial charge in [0.25, 0.3) is 0 Å². The molecule has 1 aliphatic rings. The molecule has 1 amide bonds. The van der Waals surface area contributed by atoms with Gasteiger partial charge in [0, 0.05) is 30.5 Å². The highest BCUT2D eigenvalue weighted by molar-refractivity contribution is 9.10. The third-order valence-corrected chi connectivity index (χ3v) is 6.11. The molecular formula is C13H17BrN2O3S. The Morgan fingerprint density at radius 3 is 2.75 bits per heavy atom. The molecule has 0 spiro atoms. The molecular weight excluding hydrogens is 344 g/mol. The number of rotatable bonds is 3. The number of hydrogen-bond donors (Lipinski definition) is 1. The maximum Gasteiger partial charge on any atom is 0.244 e. The highest BCUT2D eigenvalue weighted by Crippen LogP contribution is 2.28. The number of hydrogen-bond acceptors (Lipinski definition) is 3. The van der Waals surface area contributed by atoms with E-state index >= 15 is 0 Å². The molecule has 1 unspecified atom stereocenters. The Balaban J connectivity index is 2.21. The van der Waals surface area contributed by atoms with E-state index in [1.54, 1.807) is 18.2 Å². The van der Waals surface area contributed by atoms with Crippen LogP contribution in [0.1, 0.15) is 18.9 Å². The Morgan fingerprint density at radius 2 is 2.15 bits per heavy atom. The molecule has 5 nitrogen and oxygen atoms in total. The van der Waals surface area contributed by atoms with Crippen LogP contribution in [0.5, 0.6) is 0 Å². The van der Waals surface area contributed by atoms with Gasteiger partial charge in [-0.05, 0) is 47.0 Å². The zero-order chi connectivity index (χ0) is 14.9. The molecule has 1 aromatic rings. The second-order valence-corrected chi connectivity index (χ2v) is 7.74. The van der Waals surface area contributed by atoms with Crippen LogP contribution in [0.3, 0.4) is 0 Å². The Bertz CT molecular complexity index is 631. The zero-order valence-electron chi connectivity index (χ0n) is 11.4. The fraction of sp³-hybridized carbons (Fsp3) is 0.462. The van der Waals surface area contributed by atoms with Crippen molar-refractivity contribution in [1.29, 1.82) is 0 Å². The first-order chi connectivity index (χ1) is 9.30. The average molecular weight is 361 g/mol. The molecule has 1 atom stereocenters. The monoisotopic (exact) mass is 360 g/mol. The average Bonchev–Trinajstić information content (AvgIpc) is 2.76. The second kappa shape index (κ2) is 5.83. The van der Waals surface area contributed by atoms with Gasteiger partial charge in [-0.3, -0.25) is 4.79 Å². The number of halogens is 1. The topological polar surface area (TPSA) is 66.5 Å². The van der Waals surface area contributed by atoms with E-state index in [1.165, 1.54) is 11.2 Å². The van der Waals surface area contributed by atoms with E-state index in [9.17, 15) is 13.2 Å². The normalized spacial score (nSPS) is 20.1. The molecule has 1 N–H and O–H groups in total. The summed E-state index contributed by atoms with van der Waals surface area (Å²) >= 11 is 3.31. The number of aryl methyl sites for hydroxylation is 1. The number of carbonyl (C=O) groups excluding carboxylic acids is 1. The molecule has 0 saturated carbocycles. The Kier molecular flexibility index (Phi) is 4.51. The number of amides is 1. The van der Waals surface area contributed by atoms with Gasteiger partial charge in [-0.1, -0.05) is 6.07 Å². The second-order valence-electron chi connectivity index (χ2n) is 4.98. The molecule has 0 radical (unpaired) electrons. The summed E-state index contributed by atoms with van der Waals surface area (Å²) in [5.74, 6) is -0.134. The smallest absolute Gasteiger partial charge is 0.244 e. The van der Waals surface area contributed by atoms with Crippen LogP contribution in [0.2, 0.25) is 0 Å². The summed E-state index contributed by atoms with van der Waals surface area (Å²) in [6.07, 6.45) is 0.641. The SMILES string of the molecule is CC(=O)NC1CCN(S(=O)(=O)c2ccc(C)cc2Br)C1. The highest BCUT2D eigenvalue weighted by Gasteiger charge is 2.33. The van der Waals surface area contributed by atoms with Crippen LogP contribution in [0.25, 0.3) is 0 Å². The largest absolute Gasteiger partial charge is 0.352 e. The van der Waals surface area contributed by atoms with Gasteiger partial charge in [0.1, 0.15) is 0 Å². The van der Waals surface area contributed by atoms with E-state index in [1.807, 2.05) is 6.92 Å². The maximum atomic E-state index is 12.6. The first kappa shape index (κ1) is 15.5. The van der Waals surface area contributed by atoms with Crippen LogP contribution < -0.4 is 5.32 Å². The quantitative estimate of drug-likeness (QED) is 0.891. The van der Waals surface area contributed by atoms with Gasteiger partial charge in [-0.15, -0.1) is 0 Å². The van der Waals surface area contributed by atoms with Gasteiger partial charge in [-0.2, -0.15) is 4.31 Å². The number of benzene rings is 1. The first-order valence-corrected chi connectivity index (χ1v) is 8.57. The third kappa shape index (κ3) is 3.21. The van der Waals surface area contributed by atoms with Crippen molar-refractivity contribution in [3.63, 3.8) is 0 Å². The summed E-state index contributed by atoms with van der Waals surface area (Å²) in [5.41, 5.74) is 0.994. The van der Waals surface area contributed by atoms with E-state index in [0.29, 0.717) is 24.0 Å². The molecule has 0 aromatic heterocycles. The van der Waals surface area contributed by atoms with Crippen molar-refractivity contribution in [3.05, 3.63) is 28.2 Å². The lowest BCUT2D eigenvalue weighted by Gasteiger charge is -2.18. The number of carbonyl (C=O) groups is 1. The molecule has 0 aliphatic carbocycles. The predicted octanol–water partition coefficient (Wildman–Crippen LogP) is 1.66. The van der Waals surface area contributed by atoms with E-state index in [0.717, 1.165) is 5.56 Å². The third-order valence-electron chi connectivity index (χ3n) is 3.26. The van der Waals surface area contributed by atoms with Crippen LogP contribution in [-0.2, 0) is 14.8 Å². The van der Waals surface area contributed by atoms with E-state index in [2.05, 4.69) is 21.2 Å². The lowest BCUT2D eigenvalue weighted by molar-refractivity contribution is -0.119. The molecule has 1 saturated heterocycles. The van der Waals surface area contributed by atoms with Crippen LogP contribution >= 0.6 is 15.9 Å². The molecule has 1 heterocycles. The summed E-state index contributed by atoms with van der Waals surface area (Å²) in [4.78, 5) is 11.3. The molecule has 1 aromatic carbocycles. The van der Waals surface area contributed by atoms with Crippen molar-refractivity contribution in [2.45, 2.75) is 31.2 Å². The summed E-state index contributed by atoms with van der Waals surface area (Å²) in [7, 11) is -3.52. The minimum atomic E-state index is -3.52. The fourth-order valence-corrected chi connectivity index (χ4v) is 4.96. The van der Waals surface area contributed by atoms with Gasteiger partial charge in [0.05, 0.1) is 4.90 Å².